The van der Waals surface area contributed by atoms with Gasteiger partial charge in [-0.15, -0.1) is 0 Å². The summed E-state index contributed by atoms with van der Waals surface area (Å²) in [6.07, 6.45) is 0.665. The molecule has 4 aromatic rings. The molecule has 5 rings (SSSR count). The summed E-state index contributed by atoms with van der Waals surface area (Å²) in [6.45, 7) is 4.80. The lowest BCUT2D eigenvalue weighted by molar-refractivity contribution is 0.0952. The lowest BCUT2D eigenvalue weighted by Gasteiger charge is -2.24. The summed E-state index contributed by atoms with van der Waals surface area (Å²) >= 11 is 0. The van der Waals surface area contributed by atoms with Crippen molar-refractivity contribution in [3.05, 3.63) is 89.7 Å². The average Bonchev–Trinajstić information content (AvgIpc) is 3.34. The Balaban J connectivity index is 1.33. The largest absolute Gasteiger partial charge is 0.350 e. The zero-order valence-electron chi connectivity index (χ0n) is 19.1. The Kier molecular flexibility index (Phi) is 5.61. The van der Waals surface area contributed by atoms with Gasteiger partial charge in [-0.2, -0.15) is 0 Å². The van der Waals surface area contributed by atoms with E-state index in [0.717, 1.165) is 22.4 Å². The summed E-state index contributed by atoms with van der Waals surface area (Å²) in [7, 11) is -3.80. The van der Waals surface area contributed by atoms with Crippen LogP contribution in [0.2, 0.25) is 0 Å². The number of nitrogens with zero attached hydrogens (tertiary/aromatic N) is 3. The molecule has 1 N–H and O–H groups in total. The summed E-state index contributed by atoms with van der Waals surface area (Å²) in [5, 5.41) is 2.91. The number of sulfonamides is 1. The number of hydrogen-bond donors (Lipinski definition) is 1. The maximum absolute atomic E-state index is 13.5. The number of aryl methyl sites for hydroxylation is 1. The number of nitrogens with one attached hydrogen (secondary N) is 1. The molecule has 1 aliphatic heterocycles. The molecule has 34 heavy (non-hydrogen) atoms. The van der Waals surface area contributed by atoms with Crippen LogP contribution in [0, 0.1) is 6.92 Å². The normalized spacial score (nSPS) is 15.5. The number of rotatable bonds is 6. The number of fused-ring (bicyclic) bond motifs is 2. The summed E-state index contributed by atoms with van der Waals surface area (Å²) in [5.41, 5.74) is 3.96. The van der Waals surface area contributed by atoms with Gasteiger partial charge in [-0.25, -0.2) is 13.4 Å². The number of anilines is 1. The van der Waals surface area contributed by atoms with Crippen molar-refractivity contribution in [1.29, 1.82) is 0 Å². The van der Waals surface area contributed by atoms with Gasteiger partial charge in [-0.1, -0.05) is 36.4 Å². The highest BCUT2D eigenvalue weighted by Gasteiger charge is 2.36. The molecule has 174 valence electrons. The van der Waals surface area contributed by atoms with Crippen LogP contribution in [0.4, 0.5) is 5.69 Å². The Hall–Kier alpha value is -3.65. The van der Waals surface area contributed by atoms with E-state index in [1.165, 1.54) is 10.4 Å². The highest BCUT2D eigenvalue weighted by Crippen LogP contribution is 2.36. The maximum Gasteiger partial charge on any atom is 0.264 e. The first-order valence-corrected chi connectivity index (χ1v) is 12.7. The average molecular weight is 475 g/mol. The van der Waals surface area contributed by atoms with Crippen molar-refractivity contribution in [2.45, 2.75) is 37.8 Å². The van der Waals surface area contributed by atoms with Crippen molar-refractivity contribution in [3.8, 4) is 0 Å². The van der Waals surface area contributed by atoms with Crippen molar-refractivity contribution in [3.63, 3.8) is 0 Å². The monoisotopic (exact) mass is 474 g/mol. The van der Waals surface area contributed by atoms with E-state index in [0.29, 0.717) is 30.8 Å². The van der Waals surface area contributed by atoms with Crippen molar-refractivity contribution >= 4 is 32.7 Å². The summed E-state index contributed by atoms with van der Waals surface area (Å²) in [5.74, 6) is 0.567. The first-order chi connectivity index (χ1) is 16.4. The van der Waals surface area contributed by atoms with E-state index in [9.17, 15) is 13.2 Å². The van der Waals surface area contributed by atoms with E-state index in [-0.39, 0.29) is 16.8 Å². The molecule has 1 amide bonds. The fraction of sp³-hybridized carbons (Fsp3) is 0.231. The zero-order valence-corrected chi connectivity index (χ0v) is 19.9. The molecular formula is C26H26N4O3S. The number of imidazole rings is 1. The minimum Gasteiger partial charge on any atom is -0.350 e. The molecule has 0 unspecified atom stereocenters. The minimum atomic E-state index is -3.80. The minimum absolute atomic E-state index is 0.111. The highest BCUT2D eigenvalue weighted by molar-refractivity contribution is 7.92. The number of carbonyl (C=O) groups excluding carboxylic acids is 1. The molecule has 0 fully saturated rings. The van der Waals surface area contributed by atoms with Gasteiger partial charge in [0.2, 0.25) is 0 Å². The molecule has 0 spiro atoms. The molecular weight excluding hydrogens is 448 g/mol. The van der Waals surface area contributed by atoms with Crippen molar-refractivity contribution in [1.82, 2.24) is 14.9 Å². The lowest BCUT2D eigenvalue weighted by atomic mass is 10.1. The van der Waals surface area contributed by atoms with Crippen molar-refractivity contribution in [2.24, 2.45) is 0 Å². The first-order valence-electron chi connectivity index (χ1n) is 11.3. The van der Waals surface area contributed by atoms with Crippen LogP contribution < -0.4 is 9.62 Å². The van der Waals surface area contributed by atoms with Gasteiger partial charge in [0.15, 0.2) is 0 Å². The molecule has 1 aromatic heterocycles. The van der Waals surface area contributed by atoms with Crippen LogP contribution in [0.1, 0.15) is 28.7 Å². The van der Waals surface area contributed by atoms with Crippen molar-refractivity contribution in [2.75, 3.05) is 10.8 Å². The third-order valence-corrected chi connectivity index (χ3v) is 8.19. The first kappa shape index (κ1) is 22.2. The predicted octanol–water partition coefficient (Wildman–Crippen LogP) is 3.91. The number of carbonyl (C=O) groups is 1. The smallest absolute Gasteiger partial charge is 0.264 e. The second kappa shape index (κ2) is 8.61. The molecule has 8 heteroatoms. The zero-order chi connectivity index (χ0) is 23.9. The Labute approximate surface area is 199 Å². The molecule has 1 atom stereocenters. The number of aromatic nitrogens is 2. The molecule has 3 aromatic carbocycles. The number of amides is 1. The SMILES string of the molecule is Cc1nc2ccccc2n1CCNC(=O)c1cccc(S(=O)(=O)N2c3ccccc3C[C@H]2C)c1. The van der Waals surface area contributed by atoms with Gasteiger partial charge in [-0.3, -0.25) is 9.10 Å². The van der Waals surface area contributed by atoms with E-state index in [1.54, 1.807) is 18.2 Å². The van der Waals surface area contributed by atoms with Gasteiger partial charge in [-0.05, 0) is 62.2 Å². The molecule has 2 heterocycles. The van der Waals surface area contributed by atoms with Crippen LogP contribution in [-0.2, 0) is 23.0 Å². The number of benzene rings is 3. The van der Waals surface area contributed by atoms with E-state index in [2.05, 4.69) is 14.9 Å². The second-order valence-electron chi connectivity index (χ2n) is 8.57. The number of hydrogen-bond acceptors (Lipinski definition) is 4. The molecule has 1 aliphatic rings. The molecule has 0 saturated carbocycles. The Morgan fingerprint density at radius 3 is 2.68 bits per heavy atom. The fourth-order valence-electron chi connectivity index (χ4n) is 4.68. The topological polar surface area (TPSA) is 84.3 Å². The van der Waals surface area contributed by atoms with Gasteiger partial charge in [0.1, 0.15) is 5.82 Å². The number of para-hydroxylation sites is 3. The summed E-state index contributed by atoms with van der Waals surface area (Å²) in [6, 6.07) is 21.5. The maximum atomic E-state index is 13.5. The van der Waals surface area contributed by atoms with Crippen LogP contribution in [-0.4, -0.2) is 36.5 Å². The second-order valence-corrected chi connectivity index (χ2v) is 10.4. The van der Waals surface area contributed by atoms with Gasteiger partial charge in [0.25, 0.3) is 15.9 Å². The third kappa shape index (κ3) is 3.84. The molecule has 0 saturated heterocycles. The van der Waals surface area contributed by atoms with Crippen LogP contribution >= 0.6 is 0 Å². The van der Waals surface area contributed by atoms with E-state index >= 15 is 0 Å². The Morgan fingerprint density at radius 1 is 1.06 bits per heavy atom. The predicted molar refractivity (Wildman–Crippen MR) is 133 cm³/mol. The summed E-state index contributed by atoms with van der Waals surface area (Å²) < 4.78 is 30.5. The summed E-state index contributed by atoms with van der Waals surface area (Å²) in [4.78, 5) is 17.5. The van der Waals surface area contributed by atoms with Crippen LogP contribution in [0.15, 0.2) is 77.7 Å². The third-order valence-electron chi connectivity index (χ3n) is 6.26. The van der Waals surface area contributed by atoms with Crippen LogP contribution in [0.3, 0.4) is 0 Å². The van der Waals surface area contributed by atoms with Crippen LogP contribution in [0.5, 0.6) is 0 Å². The molecule has 0 aliphatic carbocycles. The highest BCUT2D eigenvalue weighted by atomic mass is 32.2. The van der Waals surface area contributed by atoms with E-state index in [4.69, 9.17) is 0 Å². The fourth-order valence-corrected chi connectivity index (χ4v) is 6.42. The quantitative estimate of drug-likeness (QED) is 0.459. The van der Waals surface area contributed by atoms with Gasteiger partial charge in [0, 0.05) is 24.7 Å². The van der Waals surface area contributed by atoms with Gasteiger partial charge < -0.3 is 9.88 Å². The van der Waals surface area contributed by atoms with Crippen molar-refractivity contribution < 1.29 is 13.2 Å². The Morgan fingerprint density at radius 2 is 1.82 bits per heavy atom. The molecule has 0 radical (unpaired) electrons. The Bertz CT molecular complexity index is 1490. The van der Waals surface area contributed by atoms with Gasteiger partial charge >= 0.3 is 0 Å². The molecule has 7 nitrogen and oxygen atoms in total. The van der Waals surface area contributed by atoms with Gasteiger partial charge in [0.05, 0.1) is 21.6 Å². The van der Waals surface area contributed by atoms with Crippen LogP contribution in [0.25, 0.3) is 11.0 Å². The standard InChI is InChI=1S/C26H26N4O3S/c1-18-16-20-8-3-5-12-24(20)30(18)34(32,33)22-10-7-9-21(17-22)26(31)27-14-15-29-19(2)28-23-11-4-6-13-25(23)29/h3-13,17-18H,14-16H2,1-2H3,(H,27,31)/t18-/m1/s1. The lowest BCUT2D eigenvalue weighted by Crippen LogP contribution is -2.36. The molecule has 0 bridgehead atoms. The van der Waals surface area contributed by atoms with E-state index in [1.807, 2.05) is 62.4 Å². The van der Waals surface area contributed by atoms with E-state index < -0.39 is 10.0 Å².